The van der Waals surface area contributed by atoms with Crippen molar-refractivity contribution in [1.29, 1.82) is 0 Å². The third-order valence-corrected chi connectivity index (χ3v) is 6.67. The van der Waals surface area contributed by atoms with Gasteiger partial charge in [-0.2, -0.15) is 0 Å². The second-order valence-electron chi connectivity index (χ2n) is 7.65. The van der Waals surface area contributed by atoms with E-state index < -0.39 is 23.7 Å². The van der Waals surface area contributed by atoms with E-state index in [-0.39, 0.29) is 12.3 Å². The number of fused-ring (bicyclic) bond motifs is 4. The number of thioether (sulfide) groups is 1. The number of para-hydroxylation sites is 2. The first kappa shape index (κ1) is 21.8. The van der Waals surface area contributed by atoms with Gasteiger partial charge in [0, 0.05) is 21.7 Å². The smallest absolute Gasteiger partial charge is 0.307 e. The number of amides is 2. The number of esters is 1. The fourth-order valence-electron chi connectivity index (χ4n) is 3.79. The van der Waals surface area contributed by atoms with Crippen LogP contribution < -0.4 is 15.4 Å². The summed E-state index contributed by atoms with van der Waals surface area (Å²) in [6.07, 6.45) is -0.146. The summed E-state index contributed by atoms with van der Waals surface area (Å²) in [5.74, 6) is -0.989. The van der Waals surface area contributed by atoms with Crippen molar-refractivity contribution in [3.63, 3.8) is 0 Å². The number of carbonyl (C=O) groups excluding carboxylic acids is 3. The number of furan rings is 1. The molecule has 0 radical (unpaired) electrons. The van der Waals surface area contributed by atoms with Gasteiger partial charge in [-0.3, -0.25) is 14.4 Å². The van der Waals surface area contributed by atoms with E-state index in [1.54, 1.807) is 18.2 Å². The van der Waals surface area contributed by atoms with Crippen molar-refractivity contribution in [3.8, 4) is 5.75 Å². The number of hydrogen-bond donors (Lipinski definition) is 2. The molecule has 0 fully saturated rings. The number of methoxy groups -OCH3 is 1. The van der Waals surface area contributed by atoms with E-state index in [1.807, 2.05) is 42.5 Å². The molecule has 0 saturated heterocycles. The molecule has 8 nitrogen and oxygen atoms in total. The lowest BCUT2D eigenvalue weighted by atomic mass is 10.1. The molecule has 1 aliphatic rings. The van der Waals surface area contributed by atoms with Crippen molar-refractivity contribution < 1.29 is 28.3 Å². The lowest BCUT2D eigenvalue weighted by molar-refractivity contribution is -0.147. The number of rotatable bonds is 6. The van der Waals surface area contributed by atoms with Crippen molar-refractivity contribution in [1.82, 2.24) is 0 Å². The summed E-state index contributed by atoms with van der Waals surface area (Å²) in [5, 5.41) is 6.65. The second kappa shape index (κ2) is 9.11. The van der Waals surface area contributed by atoms with E-state index in [2.05, 4.69) is 10.6 Å². The highest BCUT2D eigenvalue weighted by molar-refractivity contribution is 8.01. The largest absolute Gasteiger partial charge is 0.495 e. The minimum atomic E-state index is -0.637. The van der Waals surface area contributed by atoms with Crippen LogP contribution in [0.2, 0.25) is 0 Å². The maximum absolute atomic E-state index is 12.5. The first-order valence-electron chi connectivity index (χ1n) is 10.5. The standard InChI is InChI=1S/C25H20N2O6S/c1-31-20-10-15-14-6-2-4-8-18(14)33-19(15)11-17(20)26-23(28)13-32-24(29)12-22-25(30)27-16-7-3-5-9-21(16)34-22/h2-11,22H,12-13H2,1H3,(H,26,28)(H,27,30)/t22-/m0/s1. The van der Waals surface area contributed by atoms with E-state index in [0.29, 0.717) is 17.0 Å². The fraction of sp³-hybridized carbons (Fsp3) is 0.160. The highest BCUT2D eigenvalue weighted by Gasteiger charge is 2.29. The summed E-state index contributed by atoms with van der Waals surface area (Å²) in [5.41, 5.74) is 2.44. The molecular formula is C25H20N2O6S. The van der Waals surface area contributed by atoms with Crippen LogP contribution in [0.1, 0.15) is 6.42 Å². The van der Waals surface area contributed by atoms with Crippen LogP contribution in [0.25, 0.3) is 21.9 Å². The predicted octanol–water partition coefficient (Wildman–Crippen LogP) is 4.58. The first-order chi connectivity index (χ1) is 16.5. The molecule has 5 rings (SSSR count). The topological polar surface area (TPSA) is 107 Å². The Bertz CT molecular complexity index is 1430. The highest BCUT2D eigenvalue weighted by Crippen LogP contribution is 2.37. The van der Waals surface area contributed by atoms with Gasteiger partial charge in [-0.05, 0) is 24.3 Å². The molecule has 4 aromatic rings. The average Bonchev–Trinajstić information content (AvgIpc) is 3.20. The summed E-state index contributed by atoms with van der Waals surface area (Å²) in [6.45, 7) is -0.490. The van der Waals surface area contributed by atoms with E-state index in [0.717, 1.165) is 26.9 Å². The molecule has 0 bridgehead atoms. The number of ether oxygens (including phenoxy) is 2. The Morgan fingerprint density at radius 3 is 2.71 bits per heavy atom. The third kappa shape index (κ3) is 4.29. The maximum atomic E-state index is 12.5. The van der Waals surface area contributed by atoms with E-state index in [9.17, 15) is 14.4 Å². The third-order valence-electron chi connectivity index (χ3n) is 5.40. The molecule has 34 heavy (non-hydrogen) atoms. The summed E-state index contributed by atoms with van der Waals surface area (Å²) < 4.78 is 16.4. The van der Waals surface area contributed by atoms with Crippen LogP contribution >= 0.6 is 11.8 Å². The van der Waals surface area contributed by atoms with Crippen LogP contribution in [0.5, 0.6) is 5.75 Å². The van der Waals surface area contributed by atoms with Crippen LogP contribution in [0, 0.1) is 0 Å². The molecule has 0 spiro atoms. The van der Waals surface area contributed by atoms with Gasteiger partial charge in [0.05, 0.1) is 30.2 Å². The van der Waals surface area contributed by atoms with Crippen molar-refractivity contribution in [3.05, 3.63) is 60.7 Å². The SMILES string of the molecule is COc1cc2c(cc1NC(=O)COC(=O)C[C@@H]1Sc3ccccc3NC1=O)oc1ccccc12. The number of hydrogen-bond acceptors (Lipinski definition) is 7. The number of benzene rings is 3. The van der Waals surface area contributed by atoms with Gasteiger partial charge in [0.15, 0.2) is 6.61 Å². The summed E-state index contributed by atoms with van der Waals surface area (Å²) in [6, 6.07) is 18.4. The zero-order chi connectivity index (χ0) is 23.7. The average molecular weight is 477 g/mol. The molecule has 2 amide bonds. The molecule has 1 aliphatic heterocycles. The van der Waals surface area contributed by atoms with Gasteiger partial charge in [-0.1, -0.05) is 30.3 Å². The number of nitrogens with one attached hydrogen (secondary N) is 2. The van der Waals surface area contributed by atoms with Crippen LogP contribution in [-0.2, 0) is 19.1 Å². The van der Waals surface area contributed by atoms with Crippen molar-refractivity contribution >= 4 is 62.9 Å². The summed E-state index contributed by atoms with van der Waals surface area (Å²) in [4.78, 5) is 37.9. The molecule has 172 valence electrons. The number of carbonyl (C=O) groups is 3. The highest BCUT2D eigenvalue weighted by atomic mass is 32.2. The Balaban J connectivity index is 1.22. The van der Waals surface area contributed by atoms with Gasteiger partial charge in [0.25, 0.3) is 5.91 Å². The first-order valence-corrected chi connectivity index (χ1v) is 11.4. The van der Waals surface area contributed by atoms with E-state index in [1.165, 1.54) is 18.9 Å². The van der Waals surface area contributed by atoms with Gasteiger partial charge in [-0.25, -0.2) is 0 Å². The van der Waals surface area contributed by atoms with Gasteiger partial charge < -0.3 is 24.5 Å². The van der Waals surface area contributed by atoms with E-state index in [4.69, 9.17) is 13.9 Å². The monoisotopic (exact) mass is 476 g/mol. The lowest BCUT2D eigenvalue weighted by Crippen LogP contribution is -2.32. The van der Waals surface area contributed by atoms with Gasteiger partial charge in [0.1, 0.15) is 16.9 Å². The molecule has 2 heterocycles. The molecule has 0 unspecified atom stereocenters. The van der Waals surface area contributed by atoms with Gasteiger partial charge in [-0.15, -0.1) is 11.8 Å². The molecule has 0 saturated carbocycles. The van der Waals surface area contributed by atoms with Crippen LogP contribution in [0.3, 0.4) is 0 Å². The predicted molar refractivity (Wildman–Crippen MR) is 129 cm³/mol. The summed E-state index contributed by atoms with van der Waals surface area (Å²) in [7, 11) is 1.50. The van der Waals surface area contributed by atoms with E-state index >= 15 is 0 Å². The van der Waals surface area contributed by atoms with Gasteiger partial charge >= 0.3 is 5.97 Å². The molecule has 9 heteroatoms. The van der Waals surface area contributed by atoms with Crippen LogP contribution in [0.15, 0.2) is 70.0 Å². The Kier molecular flexibility index (Phi) is 5.85. The Labute approximate surface area is 198 Å². The molecule has 3 aromatic carbocycles. The van der Waals surface area contributed by atoms with Crippen molar-refractivity contribution in [2.75, 3.05) is 24.4 Å². The Morgan fingerprint density at radius 2 is 1.85 bits per heavy atom. The molecule has 1 aromatic heterocycles. The fourth-order valence-corrected chi connectivity index (χ4v) is 4.88. The Hall–Kier alpha value is -3.98. The zero-order valence-electron chi connectivity index (χ0n) is 18.1. The quantitative estimate of drug-likeness (QED) is 0.392. The minimum absolute atomic E-state index is 0.146. The normalized spacial score (nSPS) is 15.0. The van der Waals surface area contributed by atoms with Gasteiger partial charge in [0.2, 0.25) is 5.91 Å². The van der Waals surface area contributed by atoms with Crippen molar-refractivity contribution in [2.45, 2.75) is 16.6 Å². The molecule has 0 aliphatic carbocycles. The maximum Gasteiger partial charge on any atom is 0.307 e. The molecule has 1 atom stereocenters. The molecule has 2 N–H and O–H groups in total. The lowest BCUT2D eigenvalue weighted by Gasteiger charge is -2.23. The number of anilines is 2. The van der Waals surface area contributed by atoms with Crippen LogP contribution in [0.4, 0.5) is 11.4 Å². The Morgan fingerprint density at radius 1 is 1.06 bits per heavy atom. The zero-order valence-corrected chi connectivity index (χ0v) is 18.9. The van der Waals surface area contributed by atoms with Crippen LogP contribution in [-0.4, -0.2) is 36.8 Å². The second-order valence-corrected chi connectivity index (χ2v) is 8.90. The molecular weight excluding hydrogens is 456 g/mol. The summed E-state index contributed by atoms with van der Waals surface area (Å²) >= 11 is 1.30. The minimum Gasteiger partial charge on any atom is -0.495 e. The van der Waals surface area contributed by atoms with Crippen molar-refractivity contribution in [2.24, 2.45) is 0 Å².